The van der Waals surface area contributed by atoms with E-state index in [0.717, 1.165) is 12.0 Å². The third kappa shape index (κ3) is 2.69. The highest BCUT2D eigenvalue weighted by Crippen LogP contribution is 2.02. The summed E-state index contributed by atoms with van der Waals surface area (Å²) in [6.07, 6.45) is 4.24. The van der Waals surface area contributed by atoms with Crippen molar-refractivity contribution in [2.75, 3.05) is 5.32 Å². The van der Waals surface area contributed by atoms with Crippen LogP contribution >= 0.6 is 0 Å². The molecule has 1 unspecified atom stereocenters. The van der Waals surface area contributed by atoms with E-state index in [9.17, 15) is 4.79 Å². The lowest BCUT2D eigenvalue weighted by Crippen LogP contribution is -2.26. The highest BCUT2D eigenvalue weighted by molar-refractivity contribution is 5.75. The van der Waals surface area contributed by atoms with E-state index < -0.39 is 12.0 Å². The molecule has 0 saturated heterocycles. The van der Waals surface area contributed by atoms with Gasteiger partial charge in [0.1, 0.15) is 6.04 Å². The topological polar surface area (TPSA) is 75.1 Å². The molecule has 0 amide bonds. The van der Waals surface area contributed by atoms with Crippen molar-refractivity contribution in [2.45, 2.75) is 26.3 Å². The lowest BCUT2D eigenvalue weighted by atomic mass is 10.3. The Bertz CT molecular complexity index is 310. The molecule has 2 N–H and O–H groups in total. The number of hydrogen-bond donors (Lipinski definition) is 2. The van der Waals surface area contributed by atoms with Gasteiger partial charge in [-0.05, 0) is 18.9 Å². The fourth-order valence-corrected chi connectivity index (χ4v) is 0.867. The molecule has 0 aliphatic carbocycles. The summed E-state index contributed by atoms with van der Waals surface area (Å²) in [7, 11) is 0. The fraction of sp³-hybridized carbons (Fsp3) is 0.444. The van der Waals surface area contributed by atoms with Gasteiger partial charge in [-0.25, -0.2) is 9.97 Å². The number of carbonyl (C=O) groups is 1. The highest BCUT2D eigenvalue weighted by Gasteiger charge is 2.10. The SMILES string of the molecule is CCc1cnc(NC(C)C(=O)O)nc1. The van der Waals surface area contributed by atoms with Crippen molar-refractivity contribution in [1.29, 1.82) is 0 Å². The molecule has 76 valence electrons. The van der Waals surface area contributed by atoms with Crippen LogP contribution < -0.4 is 5.32 Å². The molecule has 0 aliphatic heterocycles. The van der Waals surface area contributed by atoms with Crippen LogP contribution in [0, 0.1) is 0 Å². The van der Waals surface area contributed by atoms with Crippen LogP contribution in [0.4, 0.5) is 5.95 Å². The average Bonchev–Trinajstić information content (AvgIpc) is 2.19. The second-order valence-corrected chi connectivity index (χ2v) is 2.97. The van der Waals surface area contributed by atoms with Gasteiger partial charge in [0.05, 0.1) is 0 Å². The molecule has 0 saturated carbocycles. The Morgan fingerprint density at radius 3 is 2.57 bits per heavy atom. The van der Waals surface area contributed by atoms with E-state index in [1.807, 2.05) is 6.92 Å². The monoisotopic (exact) mass is 195 g/mol. The molecule has 0 spiro atoms. The number of aromatic nitrogens is 2. The fourth-order valence-electron chi connectivity index (χ4n) is 0.867. The van der Waals surface area contributed by atoms with Crippen molar-refractivity contribution < 1.29 is 9.90 Å². The van der Waals surface area contributed by atoms with Crippen molar-refractivity contribution in [3.8, 4) is 0 Å². The zero-order chi connectivity index (χ0) is 10.6. The van der Waals surface area contributed by atoms with Crippen LogP contribution in [0.15, 0.2) is 12.4 Å². The Morgan fingerprint density at radius 1 is 1.57 bits per heavy atom. The number of nitrogens with zero attached hydrogens (tertiary/aromatic N) is 2. The number of nitrogens with one attached hydrogen (secondary N) is 1. The zero-order valence-electron chi connectivity index (χ0n) is 8.19. The van der Waals surface area contributed by atoms with Gasteiger partial charge in [0.15, 0.2) is 0 Å². The summed E-state index contributed by atoms with van der Waals surface area (Å²) in [6.45, 7) is 3.55. The van der Waals surface area contributed by atoms with E-state index in [-0.39, 0.29) is 0 Å². The van der Waals surface area contributed by atoms with Gasteiger partial charge in [0.25, 0.3) is 0 Å². The zero-order valence-corrected chi connectivity index (χ0v) is 8.19. The maximum Gasteiger partial charge on any atom is 0.325 e. The number of carboxylic acid groups (broad SMARTS) is 1. The first-order valence-corrected chi connectivity index (χ1v) is 4.43. The standard InChI is InChI=1S/C9H13N3O2/c1-3-7-4-10-9(11-5-7)12-6(2)8(13)14/h4-6H,3H2,1-2H3,(H,13,14)(H,10,11,12). The molecule has 1 heterocycles. The largest absolute Gasteiger partial charge is 0.480 e. The number of anilines is 1. The van der Waals surface area contributed by atoms with Crippen LogP contribution in [0.1, 0.15) is 19.4 Å². The highest BCUT2D eigenvalue weighted by atomic mass is 16.4. The molecule has 0 fully saturated rings. The van der Waals surface area contributed by atoms with Crippen LogP contribution in [0.5, 0.6) is 0 Å². The lowest BCUT2D eigenvalue weighted by Gasteiger charge is -2.08. The Balaban J connectivity index is 2.64. The maximum absolute atomic E-state index is 10.5. The van der Waals surface area contributed by atoms with Gasteiger partial charge in [-0.3, -0.25) is 4.79 Å². The molecule has 1 aromatic heterocycles. The molecule has 1 aromatic rings. The van der Waals surface area contributed by atoms with Crippen molar-refractivity contribution in [1.82, 2.24) is 9.97 Å². The van der Waals surface area contributed by atoms with Gasteiger partial charge in [-0.15, -0.1) is 0 Å². The van der Waals surface area contributed by atoms with Crippen molar-refractivity contribution in [3.63, 3.8) is 0 Å². The number of aryl methyl sites for hydroxylation is 1. The third-order valence-electron chi connectivity index (χ3n) is 1.83. The van der Waals surface area contributed by atoms with Gasteiger partial charge < -0.3 is 10.4 Å². The van der Waals surface area contributed by atoms with E-state index in [4.69, 9.17) is 5.11 Å². The van der Waals surface area contributed by atoms with Crippen molar-refractivity contribution in [2.24, 2.45) is 0 Å². The summed E-state index contributed by atoms with van der Waals surface area (Å²) in [5.74, 6) is -0.578. The Morgan fingerprint density at radius 2 is 2.14 bits per heavy atom. The molecule has 0 aliphatic rings. The quantitative estimate of drug-likeness (QED) is 0.747. The summed E-state index contributed by atoms with van der Waals surface area (Å²) >= 11 is 0. The molecule has 1 atom stereocenters. The van der Waals surface area contributed by atoms with E-state index in [0.29, 0.717) is 5.95 Å². The van der Waals surface area contributed by atoms with Crippen LogP contribution in [0.25, 0.3) is 0 Å². The maximum atomic E-state index is 10.5. The molecular weight excluding hydrogens is 182 g/mol. The van der Waals surface area contributed by atoms with Crippen molar-refractivity contribution >= 4 is 11.9 Å². The van der Waals surface area contributed by atoms with Gasteiger partial charge in [-0.1, -0.05) is 6.92 Å². The molecular formula is C9H13N3O2. The van der Waals surface area contributed by atoms with E-state index >= 15 is 0 Å². The van der Waals surface area contributed by atoms with Crippen LogP contribution in [0.3, 0.4) is 0 Å². The number of hydrogen-bond acceptors (Lipinski definition) is 4. The minimum Gasteiger partial charge on any atom is -0.480 e. The molecule has 5 nitrogen and oxygen atoms in total. The minimum absolute atomic E-state index is 0.345. The second kappa shape index (κ2) is 4.55. The van der Waals surface area contributed by atoms with Gasteiger partial charge in [0, 0.05) is 12.4 Å². The lowest BCUT2D eigenvalue weighted by molar-refractivity contribution is -0.137. The Labute approximate surface area is 82.2 Å². The Hall–Kier alpha value is -1.65. The number of aliphatic carboxylic acids is 1. The third-order valence-corrected chi connectivity index (χ3v) is 1.83. The molecule has 0 bridgehead atoms. The van der Waals surface area contributed by atoms with E-state index in [2.05, 4.69) is 15.3 Å². The molecule has 0 radical (unpaired) electrons. The van der Waals surface area contributed by atoms with Crippen LogP contribution in [0.2, 0.25) is 0 Å². The van der Waals surface area contributed by atoms with Crippen molar-refractivity contribution in [3.05, 3.63) is 18.0 Å². The summed E-state index contributed by atoms with van der Waals surface area (Å²) in [4.78, 5) is 18.5. The summed E-state index contributed by atoms with van der Waals surface area (Å²) in [5.41, 5.74) is 1.03. The summed E-state index contributed by atoms with van der Waals surface area (Å²) < 4.78 is 0. The molecule has 0 aromatic carbocycles. The molecule has 14 heavy (non-hydrogen) atoms. The first kappa shape index (κ1) is 10.4. The predicted molar refractivity (Wildman–Crippen MR) is 52.1 cm³/mol. The van der Waals surface area contributed by atoms with E-state index in [1.54, 1.807) is 19.3 Å². The van der Waals surface area contributed by atoms with Gasteiger partial charge >= 0.3 is 5.97 Å². The average molecular weight is 195 g/mol. The molecule has 1 rings (SSSR count). The Kier molecular flexibility index (Phi) is 3.39. The van der Waals surface area contributed by atoms with Crippen LogP contribution in [-0.2, 0) is 11.2 Å². The second-order valence-electron chi connectivity index (χ2n) is 2.97. The van der Waals surface area contributed by atoms with E-state index in [1.165, 1.54) is 0 Å². The number of rotatable bonds is 4. The van der Waals surface area contributed by atoms with Gasteiger partial charge in [0.2, 0.25) is 5.95 Å². The first-order chi connectivity index (χ1) is 6.63. The predicted octanol–water partition coefficient (Wildman–Crippen LogP) is 0.924. The normalized spacial score (nSPS) is 12.1. The summed E-state index contributed by atoms with van der Waals surface area (Å²) in [6, 6.07) is -0.678. The molecule has 5 heteroatoms. The van der Waals surface area contributed by atoms with Gasteiger partial charge in [-0.2, -0.15) is 0 Å². The van der Waals surface area contributed by atoms with Crippen LogP contribution in [-0.4, -0.2) is 27.1 Å². The summed E-state index contributed by atoms with van der Waals surface area (Å²) in [5, 5.41) is 11.3. The smallest absolute Gasteiger partial charge is 0.325 e. The first-order valence-electron chi connectivity index (χ1n) is 4.43. The minimum atomic E-state index is -0.923. The number of carboxylic acids is 1.